The molecule has 12 nitrogen and oxygen atoms in total. The van der Waals surface area contributed by atoms with Gasteiger partial charge < -0.3 is 28.7 Å². The van der Waals surface area contributed by atoms with Gasteiger partial charge in [0.05, 0.1) is 57.6 Å². The third-order valence-electron chi connectivity index (χ3n) is 12.8. The van der Waals surface area contributed by atoms with Crippen molar-refractivity contribution in [1.29, 1.82) is 0 Å². The number of halogens is 5. The number of nitrogens with zero attached hydrogens (tertiary/aromatic N) is 3. The summed E-state index contributed by atoms with van der Waals surface area (Å²) in [6.45, 7) is 4.12. The number of aryl methyl sites for hydroxylation is 2. The van der Waals surface area contributed by atoms with E-state index in [9.17, 15) is 20.2 Å². The molecule has 10 aromatic carbocycles. The van der Waals surface area contributed by atoms with Crippen LogP contribution in [0.2, 0.25) is 25.1 Å². The maximum Gasteiger partial charge on any atom is 0.278 e. The fraction of sp³-hybridized carbons (Fsp3) is 0.0317. The largest absolute Gasteiger partial charge is 0.399 e. The Morgan fingerprint density at radius 2 is 0.893 bits per heavy atom. The molecule has 0 bridgehead atoms. The van der Waals surface area contributed by atoms with Crippen molar-refractivity contribution in [3.8, 4) is 44.5 Å². The molecule has 0 amide bonds. The van der Waals surface area contributed by atoms with E-state index in [1.807, 2.05) is 66.7 Å². The van der Waals surface area contributed by atoms with Crippen molar-refractivity contribution in [2.45, 2.75) is 42.7 Å². The van der Waals surface area contributed by atoms with Gasteiger partial charge in [0.15, 0.2) is 4.34 Å². The Hall–Kier alpha value is -7.61. The molecule has 0 saturated heterocycles. The average Bonchev–Trinajstić information content (AvgIpc) is 3.99. The molecule has 0 fully saturated rings. The number of aromatic nitrogens is 1. The smallest absolute Gasteiger partial charge is 0.278 e. The summed E-state index contributed by atoms with van der Waals surface area (Å²) in [5.74, 6) is 0. The molecule has 1 heterocycles. The van der Waals surface area contributed by atoms with Crippen LogP contribution in [0.4, 0.5) is 39.8 Å². The van der Waals surface area contributed by atoms with E-state index in [0.717, 1.165) is 57.9 Å². The second-order valence-corrected chi connectivity index (χ2v) is 25.2. The predicted molar refractivity (Wildman–Crippen MR) is 356 cm³/mol. The van der Waals surface area contributed by atoms with Gasteiger partial charge in [0, 0.05) is 86.0 Å². The van der Waals surface area contributed by atoms with Crippen LogP contribution in [0.25, 0.3) is 54.7 Å². The lowest BCUT2D eigenvalue weighted by atomic mass is 10.0. The topological polar surface area (TPSA) is 229 Å². The number of para-hydroxylation sites is 3. The quantitative estimate of drug-likeness (QED) is 0.0436. The Kier molecular flexibility index (Phi) is 19.6. The highest BCUT2D eigenvalue weighted by molar-refractivity contribution is 8.01. The fourth-order valence-corrected chi connectivity index (χ4v) is 14.1. The minimum absolute atomic E-state index is 0.164. The van der Waals surface area contributed by atoms with E-state index in [-0.39, 0.29) is 21.4 Å². The molecule has 0 radical (unpaired) electrons. The van der Waals surface area contributed by atoms with Gasteiger partial charge in [-0.2, -0.15) is 0 Å². The van der Waals surface area contributed by atoms with Crippen molar-refractivity contribution in [1.82, 2.24) is 4.98 Å². The molecule has 0 aliphatic rings. The van der Waals surface area contributed by atoms with E-state index in [1.165, 1.54) is 28.6 Å². The molecule has 0 unspecified atom stereocenters. The fourth-order valence-electron chi connectivity index (χ4n) is 8.83. The number of nitrogen functional groups attached to an aromatic ring is 5. The lowest BCUT2D eigenvalue weighted by molar-refractivity contribution is -0.384. The van der Waals surface area contributed by atoms with Crippen LogP contribution in [0.3, 0.4) is 0 Å². The molecule has 0 spiro atoms. The van der Waals surface area contributed by atoms with Crippen molar-refractivity contribution in [3.05, 3.63) is 245 Å². The molecule has 1 aromatic heterocycles. The molecular formula is C63H47Cl5N8O4S4. The number of fused-ring (bicyclic) bond motifs is 1. The molecule has 0 atom stereocenters. The normalized spacial score (nSPS) is 10.9. The maximum absolute atomic E-state index is 11.6. The number of hydrogen-bond acceptors (Lipinski definition) is 14. The first-order valence-electron chi connectivity index (χ1n) is 25.1. The zero-order valence-corrected chi connectivity index (χ0v) is 51.3. The van der Waals surface area contributed by atoms with Crippen LogP contribution < -0.4 is 28.7 Å². The van der Waals surface area contributed by atoms with Crippen LogP contribution in [-0.4, -0.2) is 14.8 Å². The average molecular weight is 1290 g/mol. The number of nitrogens with two attached hydrogens (primary N) is 5. The Balaban J connectivity index is 0.000000158. The summed E-state index contributed by atoms with van der Waals surface area (Å²) in [7, 11) is 0. The van der Waals surface area contributed by atoms with Crippen molar-refractivity contribution in [2.24, 2.45) is 0 Å². The molecule has 0 aliphatic carbocycles. The van der Waals surface area contributed by atoms with E-state index >= 15 is 0 Å². The van der Waals surface area contributed by atoms with Gasteiger partial charge in [-0.25, -0.2) is 4.98 Å². The van der Waals surface area contributed by atoms with Crippen LogP contribution in [0.5, 0.6) is 0 Å². The molecule has 11 rings (SSSR count). The van der Waals surface area contributed by atoms with E-state index in [0.29, 0.717) is 75.5 Å². The van der Waals surface area contributed by atoms with Crippen LogP contribution in [0.1, 0.15) is 11.1 Å². The highest BCUT2D eigenvalue weighted by Crippen LogP contribution is 2.48. The SMILES string of the molecule is Cc1ccc(Sc2ccc(C)cc2-c2c(N)cccc2Cl)c(-c2c(N)cccc2Cl)c1.Nc1c(Sc2cccc(-c3ccc(Cl)cc3[N+](=O)[O-])c2N)cccc1-c1ccc(Cl)cc1[N+](=O)[O-].Nc1ccc(Sc2nc3ccccc3s2)c(Cl)c1. The third-order valence-corrected chi connectivity index (χ3v) is 18.8. The van der Waals surface area contributed by atoms with Gasteiger partial charge in [0.2, 0.25) is 0 Å². The number of rotatable bonds is 12. The summed E-state index contributed by atoms with van der Waals surface area (Å²) in [4.78, 5) is 31.0. The maximum atomic E-state index is 11.6. The summed E-state index contributed by atoms with van der Waals surface area (Å²) in [6, 6.07) is 56.6. The van der Waals surface area contributed by atoms with Crippen LogP contribution in [-0.2, 0) is 0 Å². The summed E-state index contributed by atoms with van der Waals surface area (Å²) < 4.78 is 2.18. The Bertz CT molecular complexity index is 4060. The van der Waals surface area contributed by atoms with E-state index < -0.39 is 9.85 Å². The summed E-state index contributed by atoms with van der Waals surface area (Å²) >= 11 is 37.3. The van der Waals surface area contributed by atoms with Crippen molar-refractivity contribution in [2.75, 3.05) is 28.7 Å². The van der Waals surface area contributed by atoms with Gasteiger partial charge in [0.1, 0.15) is 0 Å². The number of thiazole rings is 1. The van der Waals surface area contributed by atoms with Gasteiger partial charge in [0.25, 0.3) is 11.4 Å². The Morgan fingerprint density at radius 1 is 0.429 bits per heavy atom. The van der Waals surface area contributed by atoms with Crippen LogP contribution in [0, 0.1) is 34.1 Å². The summed E-state index contributed by atoms with van der Waals surface area (Å²) in [5.41, 5.74) is 42.1. The molecule has 10 N–H and O–H groups in total. The summed E-state index contributed by atoms with van der Waals surface area (Å²) in [5, 5.41) is 25.6. The van der Waals surface area contributed by atoms with Gasteiger partial charge in [-0.15, -0.1) is 11.3 Å². The van der Waals surface area contributed by atoms with E-state index in [2.05, 4.69) is 61.3 Å². The lowest BCUT2D eigenvalue weighted by Crippen LogP contribution is -1.98. The molecule has 11 aromatic rings. The Labute approximate surface area is 525 Å². The van der Waals surface area contributed by atoms with Crippen molar-refractivity contribution in [3.63, 3.8) is 0 Å². The van der Waals surface area contributed by atoms with Crippen molar-refractivity contribution < 1.29 is 9.85 Å². The second kappa shape index (κ2) is 27.0. The first kappa shape index (κ1) is 61.0. The number of hydrogen-bond donors (Lipinski definition) is 5. The number of benzene rings is 10. The number of anilines is 5. The highest BCUT2D eigenvalue weighted by Gasteiger charge is 2.23. The van der Waals surface area contributed by atoms with Gasteiger partial charge in [-0.3, -0.25) is 20.2 Å². The lowest BCUT2D eigenvalue weighted by Gasteiger charge is -2.17. The monoisotopic (exact) mass is 1280 g/mol. The molecule has 422 valence electrons. The molecule has 21 heteroatoms. The van der Waals surface area contributed by atoms with E-state index in [4.69, 9.17) is 86.7 Å². The van der Waals surface area contributed by atoms with Crippen LogP contribution in [0.15, 0.2) is 217 Å². The zero-order chi connectivity index (χ0) is 59.9. The van der Waals surface area contributed by atoms with Crippen LogP contribution >= 0.6 is 105 Å². The second-order valence-electron chi connectivity index (χ2n) is 18.6. The first-order chi connectivity index (χ1) is 40.2. The minimum atomic E-state index is -0.513. The zero-order valence-electron chi connectivity index (χ0n) is 44.3. The molecule has 84 heavy (non-hydrogen) atoms. The minimum Gasteiger partial charge on any atom is -0.399 e. The van der Waals surface area contributed by atoms with Gasteiger partial charge >= 0.3 is 0 Å². The number of nitro groups is 2. The predicted octanol–water partition coefficient (Wildman–Crippen LogP) is 20.4. The number of nitro benzene ring substituents is 2. The standard InChI is InChI=1S/C26H22Cl2N2S.C24H16Cl2N4O4S.C13H9ClN2S2/c1-15-9-11-23(17(13-15)25-19(27)5-3-7-21(25)29)31-24-12-10-16(2)14-18(24)26-20(28)6-4-8-22(26)30;25-13-7-9-15(19(11-13)29(31)32)17-3-1-5-21(23(17)27)35-22-6-2-4-18(24(22)28)16-10-8-14(26)12-20(16)30(33)34;14-9-7-8(15)5-6-11(9)17-13-16-10-3-1-2-4-12(10)18-13/h3-14H,29-30H2,1-2H3;1-12H,27-28H2;1-7H,15H2. The van der Waals surface area contributed by atoms with E-state index in [1.54, 1.807) is 102 Å². The highest BCUT2D eigenvalue weighted by atomic mass is 35.5. The van der Waals surface area contributed by atoms with Crippen molar-refractivity contribution >= 4 is 155 Å². The molecule has 0 saturated carbocycles. The first-order valence-corrected chi connectivity index (χ1v) is 30.3. The third kappa shape index (κ3) is 14.1. The molecule has 0 aliphatic heterocycles. The Morgan fingerprint density at radius 3 is 1.36 bits per heavy atom. The molecular weight excluding hydrogens is 1240 g/mol. The van der Waals surface area contributed by atoms with Gasteiger partial charge in [-0.05, 0) is 128 Å². The van der Waals surface area contributed by atoms with Gasteiger partial charge in [-0.1, -0.05) is 177 Å². The summed E-state index contributed by atoms with van der Waals surface area (Å²) in [6.07, 6.45) is 0.